The second-order valence-electron chi connectivity index (χ2n) is 7.44. The molecule has 2 amide bonds. The lowest BCUT2D eigenvalue weighted by Gasteiger charge is -2.13. The van der Waals surface area contributed by atoms with Crippen LogP contribution in [-0.4, -0.2) is 31.6 Å². The summed E-state index contributed by atoms with van der Waals surface area (Å²) in [7, 11) is 0. The molecule has 9 heteroatoms. The van der Waals surface area contributed by atoms with E-state index in [1.807, 2.05) is 38.1 Å². The molecule has 0 radical (unpaired) electrons. The molecule has 0 aliphatic carbocycles. The predicted octanol–water partition coefficient (Wildman–Crippen LogP) is 2.25. The van der Waals surface area contributed by atoms with Crippen molar-refractivity contribution in [1.82, 2.24) is 30.6 Å². The molecule has 2 heterocycles. The van der Waals surface area contributed by atoms with E-state index in [-0.39, 0.29) is 29.6 Å². The van der Waals surface area contributed by atoms with Gasteiger partial charge in [0.15, 0.2) is 5.69 Å². The van der Waals surface area contributed by atoms with E-state index in [1.54, 1.807) is 24.3 Å². The van der Waals surface area contributed by atoms with E-state index in [0.29, 0.717) is 23.0 Å². The average molecular weight is 418 g/mol. The van der Waals surface area contributed by atoms with E-state index in [0.717, 1.165) is 11.0 Å². The number of rotatable bonds is 5. The van der Waals surface area contributed by atoms with Crippen molar-refractivity contribution in [1.29, 1.82) is 0 Å². The van der Waals surface area contributed by atoms with Crippen LogP contribution in [-0.2, 0) is 11.2 Å². The predicted molar refractivity (Wildman–Crippen MR) is 116 cm³/mol. The van der Waals surface area contributed by atoms with Gasteiger partial charge in [0, 0.05) is 18.2 Å². The summed E-state index contributed by atoms with van der Waals surface area (Å²) in [4.78, 5) is 45.1. The number of nitrogens with one attached hydrogen (secondary N) is 3. The van der Waals surface area contributed by atoms with Gasteiger partial charge in [-0.1, -0.05) is 30.3 Å². The third-order valence-electron chi connectivity index (χ3n) is 4.88. The van der Waals surface area contributed by atoms with E-state index in [1.165, 1.54) is 4.68 Å². The highest BCUT2D eigenvalue weighted by molar-refractivity contribution is 6.05. The molecule has 0 saturated heterocycles. The van der Waals surface area contributed by atoms with E-state index in [9.17, 15) is 14.4 Å². The number of hydrogen-bond donors (Lipinski definition) is 3. The van der Waals surface area contributed by atoms with Gasteiger partial charge in [-0.05, 0) is 32.0 Å². The van der Waals surface area contributed by atoms with Crippen LogP contribution in [0, 0.1) is 0 Å². The summed E-state index contributed by atoms with van der Waals surface area (Å²) < 4.78 is 1.26. The van der Waals surface area contributed by atoms with Crippen LogP contribution >= 0.6 is 0 Å². The van der Waals surface area contributed by atoms with Gasteiger partial charge in [-0.3, -0.25) is 25.2 Å². The Hall–Kier alpha value is -4.01. The summed E-state index contributed by atoms with van der Waals surface area (Å²) >= 11 is 0. The zero-order valence-corrected chi connectivity index (χ0v) is 17.2. The molecule has 4 aromatic rings. The van der Waals surface area contributed by atoms with Crippen molar-refractivity contribution >= 4 is 33.6 Å². The first-order chi connectivity index (χ1) is 14.9. The van der Waals surface area contributed by atoms with Crippen molar-refractivity contribution in [3.05, 3.63) is 70.4 Å². The smallest absolute Gasteiger partial charge is 0.290 e. The average Bonchev–Trinajstić information content (AvgIpc) is 3.19. The Balaban J connectivity index is 1.44. The number of carbonyl (C=O) groups excluding carboxylic acids is 2. The molecule has 0 aliphatic rings. The normalized spacial score (nSPS) is 11.2. The van der Waals surface area contributed by atoms with Crippen LogP contribution < -0.4 is 16.4 Å². The zero-order chi connectivity index (χ0) is 22.0. The number of carbonyl (C=O) groups is 2. The molecule has 0 aliphatic heterocycles. The van der Waals surface area contributed by atoms with Gasteiger partial charge in [-0.15, -0.1) is 0 Å². The van der Waals surface area contributed by atoms with Gasteiger partial charge >= 0.3 is 0 Å². The highest BCUT2D eigenvalue weighted by Gasteiger charge is 2.18. The first kappa shape index (κ1) is 20.3. The van der Waals surface area contributed by atoms with E-state index in [4.69, 9.17) is 0 Å². The van der Waals surface area contributed by atoms with Crippen LogP contribution in [0.1, 0.15) is 42.6 Å². The molecular formula is C22H22N6O3. The number of benzene rings is 2. The second-order valence-corrected chi connectivity index (χ2v) is 7.44. The van der Waals surface area contributed by atoms with Gasteiger partial charge in [0.25, 0.3) is 11.5 Å². The van der Waals surface area contributed by atoms with Crippen molar-refractivity contribution < 1.29 is 9.59 Å². The Labute approximate surface area is 177 Å². The van der Waals surface area contributed by atoms with Crippen LogP contribution in [0.4, 0.5) is 0 Å². The fraction of sp³-hybridized carbons (Fsp3) is 0.227. The quantitative estimate of drug-likeness (QED) is 0.429. The van der Waals surface area contributed by atoms with Gasteiger partial charge < -0.3 is 4.98 Å². The number of imidazole rings is 1. The molecule has 0 unspecified atom stereocenters. The maximum absolute atomic E-state index is 12.7. The molecular weight excluding hydrogens is 396 g/mol. The topological polar surface area (TPSA) is 122 Å². The standard InChI is InChI=1S/C22H22N6O3/c1-13(2)28-22(31)15-8-4-3-7-14(15)20(27-28)21(30)26-25-19(29)12-11-18-23-16-9-5-6-10-17(16)24-18/h3-10,13H,11-12H2,1-2H3,(H,23,24)(H,25,29)(H,26,30). The Kier molecular flexibility index (Phi) is 5.48. The van der Waals surface area contributed by atoms with Crippen LogP contribution in [0.25, 0.3) is 21.8 Å². The van der Waals surface area contributed by atoms with Gasteiger partial charge in [0.05, 0.1) is 22.5 Å². The minimum atomic E-state index is -0.595. The number of aromatic amines is 1. The molecule has 0 spiro atoms. The summed E-state index contributed by atoms with van der Waals surface area (Å²) in [6.07, 6.45) is 0.537. The number of amides is 2. The molecule has 2 aromatic carbocycles. The van der Waals surface area contributed by atoms with Gasteiger partial charge in [-0.2, -0.15) is 5.10 Å². The molecule has 4 rings (SSSR count). The lowest BCUT2D eigenvalue weighted by Crippen LogP contribution is -2.43. The third kappa shape index (κ3) is 4.16. The highest BCUT2D eigenvalue weighted by Crippen LogP contribution is 2.15. The van der Waals surface area contributed by atoms with Gasteiger partial charge in [0.1, 0.15) is 5.82 Å². The van der Waals surface area contributed by atoms with E-state index < -0.39 is 5.91 Å². The molecule has 0 atom stereocenters. The fourth-order valence-corrected chi connectivity index (χ4v) is 3.33. The fourth-order valence-electron chi connectivity index (χ4n) is 3.33. The highest BCUT2D eigenvalue weighted by atomic mass is 16.2. The summed E-state index contributed by atoms with van der Waals surface area (Å²) in [6, 6.07) is 14.2. The third-order valence-corrected chi connectivity index (χ3v) is 4.88. The molecule has 9 nitrogen and oxygen atoms in total. The summed E-state index contributed by atoms with van der Waals surface area (Å²) in [5, 5.41) is 5.05. The number of hydrogen-bond acceptors (Lipinski definition) is 5. The van der Waals surface area contributed by atoms with E-state index >= 15 is 0 Å². The maximum Gasteiger partial charge on any atom is 0.290 e. The minimum absolute atomic E-state index is 0.0708. The monoisotopic (exact) mass is 418 g/mol. The Morgan fingerprint density at radius 2 is 1.74 bits per heavy atom. The maximum atomic E-state index is 12.7. The van der Waals surface area contributed by atoms with E-state index in [2.05, 4.69) is 25.9 Å². The van der Waals surface area contributed by atoms with Crippen LogP contribution in [0.3, 0.4) is 0 Å². The van der Waals surface area contributed by atoms with Gasteiger partial charge in [0.2, 0.25) is 5.91 Å². The van der Waals surface area contributed by atoms with Crippen LogP contribution in [0.2, 0.25) is 0 Å². The number of fused-ring (bicyclic) bond motifs is 2. The zero-order valence-electron chi connectivity index (χ0n) is 17.2. The number of aromatic nitrogens is 4. The van der Waals surface area contributed by atoms with Crippen molar-refractivity contribution in [3.63, 3.8) is 0 Å². The number of hydrazine groups is 1. The largest absolute Gasteiger partial charge is 0.342 e. The summed E-state index contributed by atoms with van der Waals surface area (Å²) in [5.74, 6) is -0.266. The molecule has 0 bridgehead atoms. The number of aryl methyl sites for hydroxylation is 1. The van der Waals surface area contributed by atoms with Crippen molar-refractivity contribution in [2.75, 3.05) is 0 Å². The first-order valence-electron chi connectivity index (χ1n) is 9.98. The lowest BCUT2D eigenvalue weighted by atomic mass is 10.1. The molecule has 0 saturated carbocycles. The number of para-hydroxylation sites is 2. The number of H-pyrrole nitrogens is 1. The SMILES string of the molecule is CC(C)n1nc(C(=O)NNC(=O)CCc2nc3ccccc3[nH]2)c2ccccc2c1=O. The van der Waals surface area contributed by atoms with Crippen molar-refractivity contribution in [3.8, 4) is 0 Å². The van der Waals surface area contributed by atoms with Crippen molar-refractivity contribution in [2.24, 2.45) is 0 Å². The summed E-state index contributed by atoms with van der Waals surface area (Å²) in [6.45, 7) is 3.62. The van der Waals surface area contributed by atoms with Crippen LogP contribution in [0.15, 0.2) is 53.3 Å². The van der Waals surface area contributed by atoms with Crippen LogP contribution in [0.5, 0.6) is 0 Å². The minimum Gasteiger partial charge on any atom is -0.342 e. The first-order valence-corrected chi connectivity index (χ1v) is 9.98. The number of nitrogens with zero attached hydrogens (tertiary/aromatic N) is 3. The molecule has 0 fully saturated rings. The second kappa shape index (κ2) is 8.39. The molecule has 31 heavy (non-hydrogen) atoms. The van der Waals surface area contributed by atoms with Crippen molar-refractivity contribution in [2.45, 2.75) is 32.7 Å². The Bertz CT molecular complexity index is 1310. The lowest BCUT2D eigenvalue weighted by molar-refractivity contribution is -0.121. The Morgan fingerprint density at radius 3 is 2.48 bits per heavy atom. The molecule has 158 valence electrons. The van der Waals surface area contributed by atoms with Gasteiger partial charge in [-0.25, -0.2) is 9.67 Å². The summed E-state index contributed by atoms with van der Waals surface area (Å²) in [5.41, 5.74) is 6.35. The molecule has 2 aromatic heterocycles. The molecule has 3 N–H and O–H groups in total. The Morgan fingerprint density at radius 1 is 1.03 bits per heavy atom.